The molecule has 0 saturated carbocycles. The number of aromatic amines is 1. The number of amides is 1. The summed E-state index contributed by atoms with van der Waals surface area (Å²) < 4.78 is 0. The maximum absolute atomic E-state index is 13.0. The molecule has 1 aliphatic heterocycles. The van der Waals surface area contributed by atoms with Gasteiger partial charge in [0.15, 0.2) is 0 Å². The van der Waals surface area contributed by atoms with Gasteiger partial charge in [0.1, 0.15) is 17.1 Å². The molecule has 0 spiro atoms. The van der Waals surface area contributed by atoms with E-state index < -0.39 is 6.04 Å². The molecule has 0 bridgehead atoms. The number of hydrogen-bond donors (Lipinski definition) is 3. The number of nitrogens with one attached hydrogen (secondary N) is 1. The van der Waals surface area contributed by atoms with Crippen LogP contribution in [-0.4, -0.2) is 44.4 Å². The molecular formula is C21H20ClN3O3. The number of carbonyl (C=O) groups is 1. The zero-order valence-corrected chi connectivity index (χ0v) is 16.3. The van der Waals surface area contributed by atoms with Gasteiger partial charge >= 0.3 is 0 Å². The SMILES string of the molecule is Cc1cc(C)c(-c2n[nH]c3c2C(c2ccc(Cl)cc2)N(CCO)C3=O)c(O)c1. The maximum Gasteiger partial charge on any atom is 0.273 e. The topological polar surface area (TPSA) is 89.5 Å². The predicted octanol–water partition coefficient (Wildman–Crippen LogP) is 3.59. The number of β-amino-alcohol motifs (C(OH)–C–C–N with tert-alkyl or cyclic N) is 1. The molecule has 6 nitrogen and oxygen atoms in total. The lowest BCUT2D eigenvalue weighted by molar-refractivity contribution is 0.0706. The Hall–Kier alpha value is -2.83. The number of hydrogen-bond acceptors (Lipinski definition) is 4. The number of benzene rings is 2. The number of aryl methyl sites for hydroxylation is 2. The van der Waals surface area contributed by atoms with Crippen LogP contribution in [0, 0.1) is 13.8 Å². The standard InChI is InChI=1S/C21H20ClN3O3/c1-11-9-12(2)16(15(27)10-11)18-17-19(24-23-18)21(28)25(7-8-26)20(17)13-3-5-14(22)6-4-13/h3-6,9-10,20,26-27H,7-8H2,1-2H3,(H,23,24). The van der Waals surface area contributed by atoms with E-state index in [1.165, 1.54) is 0 Å². The van der Waals surface area contributed by atoms with Gasteiger partial charge < -0.3 is 15.1 Å². The van der Waals surface area contributed by atoms with Crippen LogP contribution in [0.4, 0.5) is 0 Å². The number of rotatable bonds is 4. The van der Waals surface area contributed by atoms with Crippen molar-refractivity contribution >= 4 is 17.5 Å². The van der Waals surface area contributed by atoms with E-state index in [4.69, 9.17) is 11.6 Å². The fourth-order valence-electron chi connectivity index (χ4n) is 3.97. The Morgan fingerprint density at radius 2 is 1.93 bits per heavy atom. The van der Waals surface area contributed by atoms with Crippen LogP contribution < -0.4 is 0 Å². The quantitative estimate of drug-likeness (QED) is 0.627. The molecule has 1 atom stereocenters. The highest BCUT2D eigenvalue weighted by Crippen LogP contribution is 2.45. The van der Waals surface area contributed by atoms with E-state index in [0.29, 0.717) is 27.5 Å². The lowest BCUT2D eigenvalue weighted by Gasteiger charge is -2.26. The van der Waals surface area contributed by atoms with Crippen LogP contribution in [0.1, 0.15) is 38.8 Å². The number of aromatic nitrogens is 2. The van der Waals surface area contributed by atoms with Crippen molar-refractivity contribution in [2.24, 2.45) is 0 Å². The Bertz CT molecular complexity index is 1040. The molecule has 3 aromatic rings. The number of carbonyl (C=O) groups excluding carboxylic acids is 1. The van der Waals surface area contributed by atoms with E-state index in [1.54, 1.807) is 23.1 Å². The van der Waals surface area contributed by atoms with Crippen LogP contribution >= 0.6 is 11.6 Å². The van der Waals surface area contributed by atoms with Gasteiger partial charge in [-0.3, -0.25) is 9.89 Å². The summed E-state index contributed by atoms with van der Waals surface area (Å²) in [7, 11) is 0. The number of phenolic OH excluding ortho intramolecular Hbond substituents is 1. The molecule has 7 heteroatoms. The van der Waals surface area contributed by atoms with Crippen LogP contribution in [-0.2, 0) is 0 Å². The number of phenols is 1. The monoisotopic (exact) mass is 397 g/mol. The third-order valence-electron chi connectivity index (χ3n) is 5.09. The third-order valence-corrected chi connectivity index (χ3v) is 5.34. The van der Waals surface area contributed by atoms with Gasteiger partial charge in [-0.25, -0.2) is 0 Å². The van der Waals surface area contributed by atoms with Gasteiger partial charge in [0, 0.05) is 22.7 Å². The summed E-state index contributed by atoms with van der Waals surface area (Å²) >= 11 is 6.04. The first-order valence-corrected chi connectivity index (χ1v) is 9.36. The summed E-state index contributed by atoms with van der Waals surface area (Å²) in [6, 6.07) is 10.5. The number of aromatic hydroxyl groups is 1. The molecule has 3 N–H and O–H groups in total. The molecule has 1 amide bonds. The first-order valence-electron chi connectivity index (χ1n) is 8.98. The average Bonchev–Trinajstić information content (AvgIpc) is 3.16. The smallest absolute Gasteiger partial charge is 0.273 e. The van der Waals surface area contributed by atoms with Gasteiger partial charge in [0.05, 0.1) is 12.6 Å². The van der Waals surface area contributed by atoms with Gasteiger partial charge in [-0.2, -0.15) is 5.10 Å². The van der Waals surface area contributed by atoms with Gasteiger partial charge in [0.25, 0.3) is 5.91 Å². The van der Waals surface area contributed by atoms with Crippen molar-refractivity contribution in [3.05, 3.63) is 69.4 Å². The second kappa shape index (κ2) is 6.96. The van der Waals surface area contributed by atoms with Crippen molar-refractivity contribution in [3.8, 4) is 17.0 Å². The van der Waals surface area contributed by atoms with Gasteiger partial charge in [0.2, 0.25) is 0 Å². The van der Waals surface area contributed by atoms with Crippen molar-refractivity contribution in [3.63, 3.8) is 0 Å². The average molecular weight is 398 g/mol. The number of nitrogens with zero attached hydrogens (tertiary/aromatic N) is 2. The minimum Gasteiger partial charge on any atom is -0.507 e. The van der Waals surface area contributed by atoms with E-state index in [-0.39, 0.29) is 24.8 Å². The molecule has 144 valence electrons. The van der Waals surface area contributed by atoms with Gasteiger partial charge in [-0.1, -0.05) is 29.8 Å². The van der Waals surface area contributed by atoms with E-state index in [9.17, 15) is 15.0 Å². The van der Waals surface area contributed by atoms with Gasteiger partial charge in [-0.05, 0) is 48.7 Å². The van der Waals surface area contributed by atoms with Crippen LogP contribution in [0.25, 0.3) is 11.3 Å². The highest BCUT2D eigenvalue weighted by molar-refractivity contribution is 6.30. The molecule has 1 aliphatic rings. The second-order valence-electron chi connectivity index (χ2n) is 7.01. The van der Waals surface area contributed by atoms with E-state index >= 15 is 0 Å². The fraction of sp³-hybridized carbons (Fsp3) is 0.238. The number of fused-ring (bicyclic) bond motifs is 1. The second-order valence-corrected chi connectivity index (χ2v) is 7.45. The number of aliphatic hydroxyl groups is 1. The third kappa shape index (κ3) is 2.85. The molecule has 2 heterocycles. The molecule has 28 heavy (non-hydrogen) atoms. The molecule has 4 rings (SSSR count). The van der Waals surface area contributed by atoms with Crippen molar-refractivity contribution < 1.29 is 15.0 Å². The summed E-state index contributed by atoms with van der Waals surface area (Å²) in [5.74, 6) is -0.110. The predicted molar refractivity (Wildman–Crippen MR) is 107 cm³/mol. The summed E-state index contributed by atoms with van der Waals surface area (Å²) in [4.78, 5) is 14.6. The Morgan fingerprint density at radius 1 is 1.21 bits per heavy atom. The highest BCUT2D eigenvalue weighted by Gasteiger charge is 2.42. The normalized spacial score (nSPS) is 15.9. The molecule has 0 saturated heterocycles. The van der Waals surface area contributed by atoms with Crippen LogP contribution in [0.5, 0.6) is 5.75 Å². The lowest BCUT2D eigenvalue weighted by atomic mass is 9.93. The van der Waals surface area contributed by atoms with E-state index in [2.05, 4.69) is 10.2 Å². The largest absolute Gasteiger partial charge is 0.507 e. The number of aliphatic hydroxyl groups excluding tert-OH is 1. The summed E-state index contributed by atoms with van der Waals surface area (Å²) in [6.45, 7) is 3.85. The summed E-state index contributed by atoms with van der Waals surface area (Å²) in [5.41, 5.74) is 4.88. The molecular weight excluding hydrogens is 378 g/mol. The molecule has 1 unspecified atom stereocenters. The Balaban J connectivity index is 1.94. The van der Waals surface area contributed by atoms with Crippen LogP contribution in [0.15, 0.2) is 36.4 Å². The molecule has 1 aromatic heterocycles. The minimum absolute atomic E-state index is 0.120. The zero-order valence-electron chi connectivity index (χ0n) is 15.5. The maximum atomic E-state index is 13.0. The number of H-pyrrole nitrogens is 1. The fourth-order valence-corrected chi connectivity index (χ4v) is 4.10. The summed E-state index contributed by atoms with van der Waals surface area (Å²) in [6.07, 6.45) is 0. The Morgan fingerprint density at radius 3 is 2.57 bits per heavy atom. The zero-order chi connectivity index (χ0) is 20.0. The first-order chi connectivity index (χ1) is 13.4. The molecule has 0 aliphatic carbocycles. The van der Waals surface area contributed by atoms with Gasteiger partial charge in [-0.15, -0.1) is 0 Å². The molecule has 0 radical (unpaired) electrons. The van der Waals surface area contributed by atoms with Crippen LogP contribution in [0.3, 0.4) is 0 Å². The lowest BCUT2D eigenvalue weighted by Crippen LogP contribution is -2.32. The highest BCUT2D eigenvalue weighted by atomic mass is 35.5. The summed E-state index contributed by atoms with van der Waals surface area (Å²) in [5, 5.41) is 27.9. The van der Waals surface area contributed by atoms with E-state index in [1.807, 2.05) is 32.0 Å². The van der Waals surface area contributed by atoms with Crippen molar-refractivity contribution in [1.82, 2.24) is 15.1 Å². The molecule has 2 aromatic carbocycles. The number of halogens is 1. The minimum atomic E-state index is -0.430. The Labute approximate surface area is 167 Å². The van der Waals surface area contributed by atoms with E-state index in [0.717, 1.165) is 16.7 Å². The van der Waals surface area contributed by atoms with Crippen molar-refractivity contribution in [1.29, 1.82) is 0 Å². The molecule has 0 fully saturated rings. The Kier molecular flexibility index (Phi) is 4.61. The van der Waals surface area contributed by atoms with Crippen molar-refractivity contribution in [2.45, 2.75) is 19.9 Å². The van der Waals surface area contributed by atoms with Crippen LogP contribution in [0.2, 0.25) is 5.02 Å². The van der Waals surface area contributed by atoms with Crippen molar-refractivity contribution in [2.75, 3.05) is 13.2 Å². The first kappa shape index (κ1) is 18.5.